The highest BCUT2D eigenvalue weighted by atomic mass is 79.9. The maximum Gasteiger partial charge on any atom is 0.338 e. The fraction of sp³-hybridized carbons (Fsp3) is 0.167. The minimum Gasteiger partial charge on any atom is -0.454 e. The number of nitrogens with one attached hydrogen (secondary N) is 1. The van der Waals surface area contributed by atoms with Gasteiger partial charge in [-0.25, -0.2) is 4.79 Å². The van der Waals surface area contributed by atoms with Gasteiger partial charge in [0.1, 0.15) is 0 Å². The molecule has 0 atom stereocenters. The number of benzene rings is 2. The van der Waals surface area contributed by atoms with E-state index in [1.807, 2.05) is 0 Å². The van der Waals surface area contributed by atoms with Gasteiger partial charge < -0.3 is 10.1 Å². The smallest absolute Gasteiger partial charge is 0.338 e. The lowest BCUT2D eigenvalue weighted by atomic mass is 9.99. The monoisotopic (exact) mass is 387 g/mol. The van der Waals surface area contributed by atoms with Gasteiger partial charge in [-0.05, 0) is 48.4 Å². The number of ether oxygens (including phenoxy) is 1. The summed E-state index contributed by atoms with van der Waals surface area (Å²) in [6, 6.07) is 11.8. The van der Waals surface area contributed by atoms with E-state index < -0.39 is 5.97 Å². The van der Waals surface area contributed by atoms with E-state index in [0.29, 0.717) is 24.0 Å². The Balaban J connectivity index is 1.65. The van der Waals surface area contributed by atoms with Gasteiger partial charge in [0.15, 0.2) is 12.4 Å². The van der Waals surface area contributed by atoms with Crippen molar-refractivity contribution in [3.63, 3.8) is 0 Å². The van der Waals surface area contributed by atoms with Crippen LogP contribution < -0.4 is 5.32 Å². The molecule has 1 aliphatic heterocycles. The molecule has 2 aromatic carbocycles. The van der Waals surface area contributed by atoms with E-state index in [0.717, 1.165) is 15.7 Å². The van der Waals surface area contributed by atoms with Crippen LogP contribution in [0, 0.1) is 0 Å². The molecule has 1 heterocycles. The van der Waals surface area contributed by atoms with Crippen LogP contribution in [0.25, 0.3) is 0 Å². The average molecular weight is 388 g/mol. The zero-order valence-electron chi connectivity index (χ0n) is 12.7. The van der Waals surface area contributed by atoms with Crippen LogP contribution in [0.15, 0.2) is 46.9 Å². The van der Waals surface area contributed by atoms with E-state index in [-0.39, 0.29) is 18.3 Å². The first-order valence-corrected chi connectivity index (χ1v) is 8.21. The van der Waals surface area contributed by atoms with E-state index in [2.05, 4.69) is 21.2 Å². The van der Waals surface area contributed by atoms with Gasteiger partial charge in [0, 0.05) is 22.1 Å². The van der Waals surface area contributed by atoms with Gasteiger partial charge in [-0.2, -0.15) is 0 Å². The van der Waals surface area contributed by atoms with Crippen LogP contribution in [-0.2, 0) is 16.0 Å². The number of hydrogen-bond acceptors (Lipinski definition) is 4. The molecule has 0 aromatic heterocycles. The maximum atomic E-state index is 12.2. The highest BCUT2D eigenvalue weighted by Gasteiger charge is 2.17. The van der Waals surface area contributed by atoms with Crippen molar-refractivity contribution in [2.24, 2.45) is 0 Å². The van der Waals surface area contributed by atoms with Crippen molar-refractivity contribution in [1.29, 1.82) is 0 Å². The molecule has 0 spiro atoms. The van der Waals surface area contributed by atoms with Crippen LogP contribution in [0.2, 0.25) is 0 Å². The second kappa shape index (κ2) is 6.97. The number of ketones is 1. The summed E-state index contributed by atoms with van der Waals surface area (Å²) in [5, 5.41) is 2.76. The van der Waals surface area contributed by atoms with Crippen molar-refractivity contribution in [3.8, 4) is 0 Å². The molecule has 0 aliphatic carbocycles. The molecule has 1 N–H and O–H groups in total. The number of halogens is 1. The minimum atomic E-state index is -0.546. The number of amides is 1. The third kappa shape index (κ3) is 3.71. The van der Waals surface area contributed by atoms with Gasteiger partial charge >= 0.3 is 5.97 Å². The van der Waals surface area contributed by atoms with Gasteiger partial charge in [0.05, 0.1) is 5.56 Å². The SMILES string of the molecule is O=C1CCc2cc(C(=O)COC(=O)c3cccc(Br)c3)ccc2N1. The van der Waals surface area contributed by atoms with E-state index in [9.17, 15) is 14.4 Å². The van der Waals surface area contributed by atoms with Gasteiger partial charge in [-0.1, -0.05) is 22.0 Å². The molecule has 0 bridgehead atoms. The fourth-order valence-electron chi connectivity index (χ4n) is 2.47. The summed E-state index contributed by atoms with van der Waals surface area (Å²) in [6.45, 7) is -0.323. The predicted octanol–water partition coefficient (Wildman–Crippen LogP) is 3.37. The third-order valence-corrected chi connectivity index (χ3v) is 4.21. The molecule has 1 aliphatic rings. The number of hydrogen-bond donors (Lipinski definition) is 1. The Bertz CT molecular complexity index is 832. The van der Waals surface area contributed by atoms with E-state index >= 15 is 0 Å². The van der Waals surface area contributed by atoms with Gasteiger partial charge in [-0.15, -0.1) is 0 Å². The van der Waals surface area contributed by atoms with Crippen LogP contribution >= 0.6 is 15.9 Å². The Labute approximate surface area is 147 Å². The maximum absolute atomic E-state index is 12.2. The summed E-state index contributed by atoms with van der Waals surface area (Å²) < 4.78 is 5.85. The highest BCUT2D eigenvalue weighted by Crippen LogP contribution is 2.23. The molecule has 5 nitrogen and oxygen atoms in total. The van der Waals surface area contributed by atoms with E-state index in [1.54, 1.807) is 42.5 Å². The average Bonchev–Trinajstić information content (AvgIpc) is 2.58. The number of carbonyl (C=O) groups excluding carboxylic acids is 3. The second-order valence-corrected chi connectivity index (χ2v) is 6.35. The molecule has 1 amide bonds. The molecule has 122 valence electrons. The number of Topliss-reactive ketones (excluding diaryl/α,β-unsaturated/α-hetero) is 1. The quantitative estimate of drug-likeness (QED) is 0.644. The van der Waals surface area contributed by atoms with Crippen LogP contribution in [0.3, 0.4) is 0 Å². The second-order valence-electron chi connectivity index (χ2n) is 5.43. The van der Waals surface area contributed by atoms with Gasteiger partial charge in [0.2, 0.25) is 5.91 Å². The fourth-order valence-corrected chi connectivity index (χ4v) is 2.87. The Hall–Kier alpha value is -2.47. The van der Waals surface area contributed by atoms with E-state index in [4.69, 9.17) is 4.74 Å². The zero-order valence-corrected chi connectivity index (χ0v) is 14.3. The molecule has 6 heteroatoms. The summed E-state index contributed by atoms with van der Waals surface area (Å²) in [5.41, 5.74) is 2.49. The molecular weight excluding hydrogens is 374 g/mol. The summed E-state index contributed by atoms with van der Waals surface area (Å²) in [4.78, 5) is 35.5. The van der Waals surface area contributed by atoms with Crippen LogP contribution in [0.1, 0.15) is 32.7 Å². The largest absolute Gasteiger partial charge is 0.454 e. The van der Waals surface area contributed by atoms with Crippen molar-refractivity contribution < 1.29 is 19.1 Å². The lowest BCUT2D eigenvalue weighted by Crippen LogP contribution is -2.20. The third-order valence-electron chi connectivity index (χ3n) is 3.72. The first-order chi connectivity index (χ1) is 11.5. The number of fused-ring (bicyclic) bond motifs is 1. The Morgan fingerprint density at radius 3 is 2.71 bits per heavy atom. The molecule has 24 heavy (non-hydrogen) atoms. The number of esters is 1. The summed E-state index contributed by atoms with van der Waals surface area (Å²) in [5.74, 6) is -0.850. The van der Waals surface area contributed by atoms with Crippen molar-refractivity contribution in [1.82, 2.24) is 0 Å². The standard InChI is InChI=1S/C18H14BrNO4/c19-14-3-1-2-13(9-14)18(23)24-10-16(21)12-4-6-15-11(8-12)5-7-17(22)20-15/h1-4,6,8-9H,5,7,10H2,(H,20,22). The van der Waals surface area contributed by atoms with Crippen LogP contribution in [-0.4, -0.2) is 24.3 Å². The molecular formula is C18H14BrNO4. The molecule has 0 fully saturated rings. The lowest BCUT2D eigenvalue weighted by molar-refractivity contribution is -0.116. The number of anilines is 1. The predicted molar refractivity (Wildman–Crippen MR) is 92.1 cm³/mol. The summed E-state index contributed by atoms with van der Waals surface area (Å²) in [7, 11) is 0. The Kier molecular flexibility index (Phi) is 4.76. The van der Waals surface area contributed by atoms with Crippen molar-refractivity contribution >= 4 is 39.3 Å². The molecule has 0 radical (unpaired) electrons. The van der Waals surface area contributed by atoms with Crippen LogP contribution in [0.5, 0.6) is 0 Å². The number of carbonyl (C=O) groups is 3. The van der Waals surface area contributed by atoms with Gasteiger partial charge in [0.25, 0.3) is 0 Å². The normalized spacial score (nSPS) is 13.0. The Morgan fingerprint density at radius 1 is 1.08 bits per heavy atom. The zero-order chi connectivity index (χ0) is 17.1. The van der Waals surface area contributed by atoms with E-state index in [1.165, 1.54) is 0 Å². The van der Waals surface area contributed by atoms with Crippen LogP contribution in [0.4, 0.5) is 5.69 Å². The lowest BCUT2D eigenvalue weighted by Gasteiger charge is -2.17. The number of aryl methyl sites for hydroxylation is 1. The molecule has 0 unspecified atom stereocenters. The summed E-state index contributed by atoms with van der Waals surface area (Å²) in [6.07, 6.45) is 1.00. The summed E-state index contributed by atoms with van der Waals surface area (Å²) >= 11 is 3.28. The first kappa shape index (κ1) is 16.4. The molecule has 0 saturated heterocycles. The molecule has 0 saturated carbocycles. The first-order valence-electron chi connectivity index (χ1n) is 7.41. The minimum absolute atomic E-state index is 0.0236. The molecule has 3 rings (SSSR count). The highest BCUT2D eigenvalue weighted by molar-refractivity contribution is 9.10. The van der Waals surface area contributed by atoms with Crippen molar-refractivity contribution in [2.75, 3.05) is 11.9 Å². The molecule has 2 aromatic rings. The van der Waals surface area contributed by atoms with Crippen molar-refractivity contribution in [3.05, 3.63) is 63.6 Å². The van der Waals surface area contributed by atoms with Gasteiger partial charge in [-0.3, -0.25) is 9.59 Å². The van der Waals surface area contributed by atoms with Crippen molar-refractivity contribution in [2.45, 2.75) is 12.8 Å². The topological polar surface area (TPSA) is 72.5 Å². The Morgan fingerprint density at radius 2 is 1.92 bits per heavy atom. The number of rotatable bonds is 4.